The van der Waals surface area contributed by atoms with Crippen molar-refractivity contribution < 1.29 is 14.4 Å². The first-order chi connectivity index (χ1) is 9.81. The van der Waals surface area contributed by atoms with Gasteiger partial charge < -0.3 is 14.9 Å². The third-order valence-electron chi connectivity index (χ3n) is 2.40. The Balaban J connectivity index is 2.07. The van der Waals surface area contributed by atoms with E-state index in [1.54, 1.807) is 18.2 Å². The zero-order valence-electron chi connectivity index (χ0n) is 10.7. The van der Waals surface area contributed by atoms with E-state index in [1.807, 2.05) is 0 Å². The zero-order chi connectivity index (χ0) is 14.2. The Morgan fingerprint density at radius 3 is 3.10 bits per heavy atom. The number of aliphatic hydroxyl groups excluding tert-OH is 1. The van der Waals surface area contributed by atoms with Gasteiger partial charge in [0, 0.05) is 18.7 Å². The standard InChI is InChI=1S/C14H13N3O3/c18-8-2-1-4-11-5-3-7-15-13(11)14(19)16-10-12-6-9-20-17-12/h3,5-7,9,18H,2,8,10H2,(H,16,19). The van der Waals surface area contributed by atoms with Crippen LogP contribution in [0.1, 0.15) is 28.2 Å². The van der Waals surface area contributed by atoms with Crippen LogP contribution in [-0.4, -0.2) is 27.8 Å². The molecule has 0 bridgehead atoms. The fourth-order valence-corrected chi connectivity index (χ4v) is 1.48. The highest BCUT2D eigenvalue weighted by molar-refractivity contribution is 5.94. The van der Waals surface area contributed by atoms with Crippen LogP contribution in [0.2, 0.25) is 0 Å². The number of pyridine rings is 1. The molecule has 2 rings (SSSR count). The lowest BCUT2D eigenvalue weighted by Gasteiger charge is -2.04. The summed E-state index contributed by atoms with van der Waals surface area (Å²) in [6.07, 6.45) is 3.32. The SMILES string of the molecule is O=C(NCc1ccon1)c1ncccc1C#CCCO. The second kappa shape index (κ2) is 7.07. The zero-order valence-corrected chi connectivity index (χ0v) is 10.7. The highest BCUT2D eigenvalue weighted by Gasteiger charge is 2.11. The van der Waals surface area contributed by atoms with Crippen LogP contribution in [-0.2, 0) is 6.54 Å². The first-order valence-corrected chi connectivity index (χ1v) is 6.03. The molecule has 0 aliphatic carbocycles. The Bertz CT molecular complexity index is 627. The lowest BCUT2D eigenvalue weighted by atomic mass is 10.2. The van der Waals surface area contributed by atoms with Gasteiger partial charge in [-0.05, 0) is 12.1 Å². The summed E-state index contributed by atoms with van der Waals surface area (Å²) >= 11 is 0. The van der Waals surface area contributed by atoms with E-state index in [0.29, 0.717) is 17.7 Å². The Morgan fingerprint density at radius 2 is 2.35 bits per heavy atom. The number of carbonyl (C=O) groups excluding carboxylic acids is 1. The summed E-state index contributed by atoms with van der Waals surface area (Å²) in [5, 5.41) is 15.1. The van der Waals surface area contributed by atoms with E-state index in [1.165, 1.54) is 12.5 Å². The van der Waals surface area contributed by atoms with E-state index >= 15 is 0 Å². The number of aliphatic hydroxyl groups is 1. The van der Waals surface area contributed by atoms with E-state index < -0.39 is 0 Å². The van der Waals surface area contributed by atoms with Crippen LogP contribution in [0.15, 0.2) is 35.2 Å². The van der Waals surface area contributed by atoms with Crippen molar-refractivity contribution in [1.82, 2.24) is 15.5 Å². The van der Waals surface area contributed by atoms with Crippen LogP contribution < -0.4 is 5.32 Å². The molecule has 0 atom stereocenters. The molecule has 0 aliphatic heterocycles. The molecule has 6 nitrogen and oxygen atoms in total. The van der Waals surface area contributed by atoms with Crippen LogP contribution in [0.4, 0.5) is 0 Å². The molecule has 102 valence electrons. The average Bonchev–Trinajstić information content (AvgIpc) is 2.99. The van der Waals surface area contributed by atoms with Gasteiger partial charge in [-0.25, -0.2) is 4.98 Å². The molecule has 2 aromatic rings. The Labute approximate surface area is 115 Å². The van der Waals surface area contributed by atoms with E-state index in [0.717, 1.165) is 0 Å². The van der Waals surface area contributed by atoms with Crippen molar-refractivity contribution in [1.29, 1.82) is 0 Å². The smallest absolute Gasteiger partial charge is 0.271 e. The quantitative estimate of drug-likeness (QED) is 0.800. The molecular weight excluding hydrogens is 258 g/mol. The molecule has 2 heterocycles. The molecule has 6 heteroatoms. The van der Waals surface area contributed by atoms with Gasteiger partial charge in [0.2, 0.25) is 0 Å². The molecular formula is C14H13N3O3. The fraction of sp³-hybridized carbons (Fsp3) is 0.214. The van der Waals surface area contributed by atoms with E-state index in [-0.39, 0.29) is 24.8 Å². The lowest BCUT2D eigenvalue weighted by molar-refractivity contribution is 0.0945. The van der Waals surface area contributed by atoms with Crippen LogP contribution in [0.3, 0.4) is 0 Å². The third-order valence-corrected chi connectivity index (χ3v) is 2.40. The number of hydrogen-bond acceptors (Lipinski definition) is 5. The molecule has 0 radical (unpaired) electrons. The maximum absolute atomic E-state index is 12.0. The van der Waals surface area contributed by atoms with Gasteiger partial charge in [0.15, 0.2) is 0 Å². The summed E-state index contributed by atoms with van der Waals surface area (Å²) in [5.41, 5.74) is 1.40. The van der Waals surface area contributed by atoms with Gasteiger partial charge in [-0.1, -0.05) is 17.0 Å². The van der Waals surface area contributed by atoms with Gasteiger partial charge in [0.1, 0.15) is 17.7 Å². The molecule has 1 amide bonds. The third kappa shape index (κ3) is 3.67. The predicted octanol–water partition coefficient (Wildman–Crippen LogP) is 0.734. The average molecular weight is 271 g/mol. The van der Waals surface area contributed by atoms with Crippen LogP contribution in [0, 0.1) is 11.8 Å². The molecule has 0 aromatic carbocycles. The molecule has 20 heavy (non-hydrogen) atoms. The van der Waals surface area contributed by atoms with Gasteiger partial charge >= 0.3 is 0 Å². The van der Waals surface area contributed by atoms with Crippen molar-refractivity contribution >= 4 is 5.91 Å². The van der Waals surface area contributed by atoms with E-state index in [9.17, 15) is 4.79 Å². The predicted molar refractivity (Wildman–Crippen MR) is 70.5 cm³/mol. The summed E-state index contributed by atoms with van der Waals surface area (Å²) in [5.74, 6) is 5.26. The number of rotatable bonds is 4. The largest absolute Gasteiger partial charge is 0.395 e. The molecule has 2 aromatic heterocycles. The van der Waals surface area contributed by atoms with E-state index in [4.69, 9.17) is 5.11 Å². The van der Waals surface area contributed by atoms with Crippen molar-refractivity contribution in [3.05, 3.63) is 47.6 Å². The molecule has 2 N–H and O–H groups in total. The number of carbonyl (C=O) groups is 1. The summed E-state index contributed by atoms with van der Waals surface area (Å²) in [6.45, 7) is 0.246. The second-order valence-corrected chi connectivity index (χ2v) is 3.85. The van der Waals surface area contributed by atoms with Crippen molar-refractivity contribution in [3.63, 3.8) is 0 Å². The van der Waals surface area contributed by atoms with Gasteiger partial charge in [-0.3, -0.25) is 4.79 Å². The van der Waals surface area contributed by atoms with Gasteiger partial charge in [-0.2, -0.15) is 0 Å². The van der Waals surface area contributed by atoms with Gasteiger partial charge in [0.05, 0.1) is 18.7 Å². The summed E-state index contributed by atoms with van der Waals surface area (Å²) < 4.78 is 4.68. The van der Waals surface area contributed by atoms with Gasteiger partial charge in [0.25, 0.3) is 5.91 Å². The van der Waals surface area contributed by atoms with Crippen LogP contribution >= 0.6 is 0 Å². The molecule has 0 aliphatic rings. The first kappa shape index (κ1) is 13.8. The van der Waals surface area contributed by atoms with Crippen molar-refractivity contribution in [2.45, 2.75) is 13.0 Å². The van der Waals surface area contributed by atoms with Gasteiger partial charge in [-0.15, -0.1) is 0 Å². The topological polar surface area (TPSA) is 88.3 Å². The maximum Gasteiger partial charge on any atom is 0.271 e. The summed E-state index contributed by atoms with van der Waals surface area (Å²) in [7, 11) is 0. The minimum absolute atomic E-state index is 0.0129. The highest BCUT2D eigenvalue weighted by Crippen LogP contribution is 2.04. The maximum atomic E-state index is 12.0. The fourth-order valence-electron chi connectivity index (χ4n) is 1.48. The number of nitrogens with one attached hydrogen (secondary N) is 1. The van der Waals surface area contributed by atoms with Crippen molar-refractivity contribution in [3.8, 4) is 11.8 Å². The number of nitrogens with zero attached hydrogens (tertiary/aromatic N) is 2. The number of hydrogen-bond donors (Lipinski definition) is 2. The number of amides is 1. The molecule has 0 spiro atoms. The highest BCUT2D eigenvalue weighted by atomic mass is 16.5. The number of aromatic nitrogens is 2. The summed E-state index contributed by atoms with van der Waals surface area (Å²) in [6, 6.07) is 5.08. The Morgan fingerprint density at radius 1 is 1.45 bits per heavy atom. The summed E-state index contributed by atoms with van der Waals surface area (Å²) in [4.78, 5) is 16.1. The molecule has 0 saturated heterocycles. The van der Waals surface area contributed by atoms with Crippen molar-refractivity contribution in [2.24, 2.45) is 0 Å². The van der Waals surface area contributed by atoms with Crippen LogP contribution in [0.5, 0.6) is 0 Å². The minimum Gasteiger partial charge on any atom is -0.395 e. The van der Waals surface area contributed by atoms with E-state index in [2.05, 4.69) is 31.8 Å². The monoisotopic (exact) mass is 271 g/mol. The minimum atomic E-state index is -0.332. The Kier molecular flexibility index (Phi) is 4.87. The Hall–Kier alpha value is -2.65. The lowest BCUT2D eigenvalue weighted by Crippen LogP contribution is -2.24. The molecule has 0 saturated carbocycles. The normalized spacial score (nSPS) is 9.65. The van der Waals surface area contributed by atoms with Crippen LogP contribution in [0.25, 0.3) is 0 Å². The first-order valence-electron chi connectivity index (χ1n) is 6.03. The molecule has 0 unspecified atom stereocenters. The van der Waals surface area contributed by atoms with Crippen molar-refractivity contribution in [2.75, 3.05) is 6.61 Å². The molecule has 0 fully saturated rings. The second-order valence-electron chi connectivity index (χ2n) is 3.85.